The van der Waals surface area contributed by atoms with E-state index in [1.54, 1.807) is 18.6 Å². The van der Waals surface area contributed by atoms with Crippen LogP contribution in [0.2, 0.25) is 5.15 Å². The lowest BCUT2D eigenvalue weighted by molar-refractivity contribution is 0.552. The molecule has 2 aromatic rings. The Kier molecular flexibility index (Phi) is 2.38. The van der Waals surface area contributed by atoms with Gasteiger partial charge in [0.05, 0.1) is 18.1 Å². The molecule has 82 valence electrons. The molecule has 0 fully saturated rings. The number of fused-ring (bicyclic) bond motifs is 1. The summed E-state index contributed by atoms with van der Waals surface area (Å²) in [5.41, 5.74) is 3.37. The molecular weight excluding hydrogens is 224 g/mol. The maximum absolute atomic E-state index is 5.78. The molecule has 0 aliphatic carbocycles. The van der Waals surface area contributed by atoms with Gasteiger partial charge in [-0.15, -0.1) is 0 Å². The average Bonchev–Trinajstić information content (AvgIpc) is 2.78. The molecule has 0 saturated heterocycles. The molecule has 0 saturated carbocycles. The van der Waals surface area contributed by atoms with E-state index in [1.807, 2.05) is 6.07 Å². The Morgan fingerprint density at radius 2 is 2.25 bits per heavy atom. The van der Waals surface area contributed by atoms with Crippen LogP contribution in [-0.2, 0) is 6.42 Å². The SMILES string of the molecule is Clc1ccc([C@H]2NCCc3[nH]cnc32)cn1. The number of pyridine rings is 1. The summed E-state index contributed by atoms with van der Waals surface area (Å²) in [6, 6.07) is 3.91. The molecule has 1 aliphatic rings. The molecule has 0 radical (unpaired) electrons. The van der Waals surface area contributed by atoms with Crippen molar-refractivity contribution >= 4 is 11.6 Å². The van der Waals surface area contributed by atoms with Crippen molar-refractivity contribution in [1.82, 2.24) is 20.3 Å². The minimum Gasteiger partial charge on any atom is -0.348 e. The zero-order valence-corrected chi connectivity index (χ0v) is 9.33. The second-order valence-electron chi connectivity index (χ2n) is 3.82. The molecule has 4 nitrogen and oxygen atoms in total. The van der Waals surface area contributed by atoms with Crippen LogP contribution in [-0.4, -0.2) is 21.5 Å². The minimum atomic E-state index is 0.125. The average molecular weight is 235 g/mol. The summed E-state index contributed by atoms with van der Waals surface area (Å²) < 4.78 is 0. The van der Waals surface area contributed by atoms with Gasteiger partial charge in [0, 0.05) is 24.9 Å². The summed E-state index contributed by atoms with van der Waals surface area (Å²) in [6.45, 7) is 0.947. The van der Waals surface area contributed by atoms with E-state index < -0.39 is 0 Å². The molecule has 2 aromatic heterocycles. The normalized spacial score (nSPS) is 19.4. The van der Waals surface area contributed by atoms with Crippen LogP contribution in [0.15, 0.2) is 24.7 Å². The molecule has 0 spiro atoms. The van der Waals surface area contributed by atoms with E-state index in [1.165, 1.54) is 5.69 Å². The van der Waals surface area contributed by atoms with Crippen molar-refractivity contribution in [3.05, 3.63) is 46.8 Å². The van der Waals surface area contributed by atoms with Crippen molar-refractivity contribution in [2.45, 2.75) is 12.5 Å². The Morgan fingerprint density at radius 1 is 1.31 bits per heavy atom. The zero-order valence-electron chi connectivity index (χ0n) is 8.57. The van der Waals surface area contributed by atoms with E-state index in [0.29, 0.717) is 5.15 Å². The maximum atomic E-state index is 5.78. The summed E-state index contributed by atoms with van der Waals surface area (Å²) in [4.78, 5) is 11.6. The molecule has 16 heavy (non-hydrogen) atoms. The van der Waals surface area contributed by atoms with Crippen molar-refractivity contribution in [2.75, 3.05) is 6.54 Å². The van der Waals surface area contributed by atoms with E-state index >= 15 is 0 Å². The Labute approximate surface area is 98.1 Å². The smallest absolute Gasteiger partial charge is 0.129 e. The van der Waals surface area contributed by atoms with Crippen molar-refractivity contribution in [3.63, 3.8) is 0 Å². The first-order valence-electron chi connectivity index (χ1n) is 5.21. The molecule has 0 amide bonds. The Bertz CT molecular complexity index is 491. The number of aromatic nitrogens is 3. The highest BCUT2D eigenvalue weighted by Crippen LogP contribution is 2.25. The summed E-state index contributed by atoms with van der Waals surface area (Å²) in [6.07, 6.45) is 4.53. The summed E-state index contributed by atoms with van der Waals surface area (Å²) in [5, 5.41) is 3.95. The fourth-order valence-corrected chi connectivity index (χ4v) is 2.16. The van der Waals surface area contributed by atoms with E-state index in [2.05, 4.69) is 20.3 Å². The number of rotatable bonds is 1. The van der Waals surface area contributed by atoms with Gasteiger partial charge in [0.2, 0.25) is 0 Å². The highest BCUT2D eigenvalue weighted by molar-refractivity contribution is 6.29. The van der Waals surface area contributed by atoms with Crippen LogP contribution < -0.4 is 5.32 Å². The van der Waals surface area contributed by atoms with Gasteiger partial charge < -0.3 is 10.3 Å². The van der Waals surface area contributed by atoms with Crippen molar-refractivity contribution < 1.29 is 0 Å². The van der Waals surface area contributed by atoms with Crippen molar-refractivity contribution in [2.24, 2.45) is 0 Å². The van der Waals surface area contributed by atoms with Crippen LogP contribution in [0.1, 0.15) is 23.0 Å². The highest BCUT2D eigenvalue weighted by atomic mass is 35.5. The first-order valence-corrected chi connectivity index (χ1v) is 5.59. The quantitative estimate of drug-likeness (QED) is 0.739. The van der Waals surface area contributed by atoms with Crippen LogP contribution in [0.25, 0.3) is 0 Å². The van der Waals surface area contributed by atoms with Gasteiger partial charge in [-0.05, 0) is 11.6 Å². The fourth-order valence-electron chi connectivity index (χ4n) is 2.05. The molecule has 3 heterocycles. The monoisotopic (exact) mass is 234 g/mol. The van der Waals surface area contributed by atoms with Gasteiger partial charge in [0.1, 0.15) is 5.15 Å². The predicted molar refractivity (Wildman–Crippen MR) is 61.4 cm³/mol. The highest BCUT2D eigenvalue weighted by Gasteiger charge is 2.23. The summed E-state index contributed by atoms with van der Waals surface area (Å²) in [5.74, 6) is 0. The Hall–Kier alpha value is -1.39. The molecule has 2 N–H and O–H groups in total. The third-order valence-corrected chi connectivity index (χ3v) is 3.06. The molecule has 1 atom stereocenters. The number of aromatic amines is 1. The Balaban J connectivity index is 2.00. The number of halogens is 1. The second kappa shape index (κ2) is 3.88. The number of H-pyrrole nitrogens is 1. The van der Waals surface area contributed by atoms with Gasteiger partial charge in [-0.25, -0.2) is 9.97 Å². The lowest BCUT2D eigenvalue weighted by Gasteiger charge is -2.22. The molecule has 0 aromatic carbocycles. The molecule has 0 bridgehead atoms. The standard InChI is InChI=1S/C11H11ClN4/c12-9-2-1-7(5-14-9)10-11-8(3-4-13-10)15-6-16-11/h1-2,5-6,10,13H,3-4H2,(H,15,16)/t10-/m1/s1. The predicted octanol–water partition coefficient (Wildman–Crippen LogP) is 1.69. The van der Waals surface area contributed by atoms with Gasteiger partial charge >= 0.3 is 0 Å². The Morgan fingerprint density at radius 3 is 3.06 bits per heavy atom. The molecule has 1 aliphatic heterocycles. The van der Waals surface area contributed by atoms with E-state index in [-0.39, 0.29) is 6.04 Å². The van der Waals surface area contributed by atoms with E-state index in [9.17, 15) is 0 Å². The van der Waals surface area contributed by atoms with E-state index in [0.717, 1.165) is 24.2 Å². The van der Waals surface area contributed by atoms with Crippen LogP contribution >= 0.6 is 11.6 Å². The molecule has 3 rings (SSSR count). The number of imidazole rings is 1. The third kappa shape index (κ3) is 1.60. The molecular formula is C11H11ClN4. The second-order valence-corrected chi connectivity index (χ2v) is 4.20. The largest absolute Gasteiger partial charge is 0.348 e. The van der Waals surface area contributed by atoms with Crippen molar-refractivity contribution in [1.29, 1.82) is 0 Å². The van der Waals surface area contributed by atoms with Gasteiger partial charge in [-0.2, -0.15) is 0 Å². The summed E-state index contributed by atoms with van der Waals surface area (Å²) >= 11 is 5.78. The maximum Gasteiger partial charge on any atom is 0.129 e. The number of hydrogen-bond acceptors (Lipinski definition) is 3. The third-order valence-electron chi connectivity index (χ3n) is 2.83. The van der Waals surface area contributed by atoms with Gasteiger partial charge in [-0.3, -0.25) is 0 Å². The first kappa shape index (κ1) is 9.81. The van der Waals surface area contributed by atoms with Crippen LogP contribution in [0, 0.1) is 0 Å². The minimum absolute atomic E-state index is 0.125. The summed E-state index contributed by atoms with van der Waals surface area (Å²) in [7, 11) is 0. The van der Waals surface area contributed by atoms with Crippen LogP contribution in [0.5, 0.6) is 0 Å². The van der Waals surface area contributed by atoms with Gasteiger partial charge in [-0.1, -0.05) is 17.7 Å². The van der Waals surface area contributed by atoms with Gasteiger partial charge in [0.25, 0.3) is 0 Å². The first-order chi connectivity index (χ1) is 7.84. The number of hydrogen-bond donors (Lipinski definition) is 2. The van der Waals surface area contributed by atoms with Crippen LogP contribution in [0.3, 0.4) is 0 Å². The number of nitrogens with one attached hydrogen (secondary N) is 2. The molecule has 0 unspecified atom stereocenters. The number of nitrogens with zero attached hydrogens (tertiary/aromatic N) is 2. The lowest BCUT2D eigenvalue weighted by Crippen LogP contribution is -2.30. The van der Waals surface area contributed by atoms with Gasteiger partial charge in [0.15, 0.2) is 0 Å². The molecule has 5 heteroatoms. The van der Waals surface area contributed by atoms with Crippen molar-refractivity contribution in [3.8, 4) is 0 Å². The van der Waals surface area contributed by atoms with E-state index in [4.69, 9.17) is 11.6 Å². The lowest BCUT2D eigenvalue weighted by atomic mass is 10.00. The van der Waals surface area contributed by atoms with Crippen LogP contribution in [0.4, 0.5) is 0 Å². The zero-order chi connectivity index (χ0) is 11.0. The fraction of sp³-hybridized carbons (Fsp3) is 0.273. The topological polar surface area (TPSA) is 53.6 Å².